The van der Waals surface area contributed by atoms with Crippen molar-refractivity contribution < 1.29 is 4.84 Å². The molecule has 0 atom stereocenters. The molecule has 0 saturated carbocycles. The Labute approximate surface area is 37.6 Å². The van der Waals surface area contributed by atoms with Crippen LogP contribution in [0.25, 0.3) is 0 Å². The third-order valence-corrected chi connectivity index (χ3v) is 0.400. The van der Waals surface area contributed by atoms with E-state index in [-0.39, 0.29) is 0 Å². The van der Waals surface area contributed by atoms with Gasteiger partial charge >= 0.3 is 0 Å². The zero-order valence-corrected chi connectivity index (χ0v) is 3.77. The first kappa shape index (κ1) is 5.50. The summed E-state index contributed by atoms with van der Waals surface area (Å²) in [5, 5.41) is 0. The van der Waals surface area contributed by atoms with Crippen molar-refractivity contribution in [2.24, 2.45) is 0 Å². The van der Waals surface area contributed by atoms with Crippen LogP contribution in [-0.2, 0) is 4.84 Å². The van der Waals surface area contributed by atoms with Crippen LogP contribution < -0.4 is 5.90 Å². The average Bonchev–Trinajstić information content (AvgIpc) is 1.61. The summed E-state index contributed by atoms with van der Waals surface area (Å²) >= 11 is 0. The highest BCUT2D eigenvalue weighted by molar-refractivity contribution is 4.68. The second-order valence-electron chi connectivity index (χ2n) is 0.898. The quantitative estimate of drug-likeness (QED) is 0.366. The third-order valence-electron chi connectivity index (χ3n) is 0.400. The molecule has 0 aliphatic rings. The highest BCUT2D eigenvalue weighted by Crippen LogP contribution is 1.75. The molecule has 0 aromatic carbocycles. The van der Waals surface area contributed by atoms with Gasteiger partial charge in [-0.25, -0.2) is 0 Å². The van der Waals surface area contributed by atoms with Gasteiger partial charge in [-0.15, -0.1) is 0 Å². The SMILES string of the molecule is CC/C=C/O[NH]. The summed E-state index contributed by atoms with van der Waals surface area (Å²) in [6, 6.07) is 0. The van der Waals surface area contributed by atoms with Gasteiger partial charge in [0, 0.05) is 0 Å². The van der Waals surface area contributed by atoms with E-state index in [2.05, 4.69) is 4.84 Å². The molecule has 0 saturated heterocycles. The van der Waals surface area contributed by atoms with Gasteiger partial charge in [-0.2, -0.15) is 0 Å². The number of allylic oxidation sites excluding steroid dienone is 1. The lowest BCUT2D eigenvalue weighted by atomic mass is 10.5. The van der Waals surface area contributed by atoms with Gasteiger partial charge in [0.15, 0.2) is 0 Å². The third kappa shape index (κ3) is 3.50. The van der Waals surface area contributed by atoms with E-state index < -0.39 is 0 Å². The highest BCUT2D eigenvalue weighted by Gasteiger charge is 1.59. The number of nitrogens with one attached hydrogen (secondary N) is 1. The Morgan fingerprint density at radius 3 is 2.67 bits per heavy atom. The lowest BCUT2D eigenvalue weighted by molar-refractivity contribution is 0.236. The Balaban J connectivity index is 2.73. The van der Waals surface area contributed by atoms with Gasteiger partial charge in [0.25, 0.3) is 0 Å². The molecule has 0 bridgehead atoms. The van der Waals surface area contributed by atoms with Crippen LogP contribution in [0.3, 0.4) is 0 Å². The predicted molar refractivity (Wildman–Crippen MR) is 23.6 cm³/mol. The summed E-state index contributed by atoms with van der Waals surface area (Å²) in [4.78, 5) is 3.85. The van der Waals surface area contributed by atoms with Crippen LogP contribution in [0.1, 0.15) is 13.3 Å². The van der Waals surface area contributed by atoms with E-state index in [9.17, 15) is 0 Å². The molecule has 2 nitrogen and oxygen atoms in total. The van der Waals surface area contributed by atoms with Crippen LogP contribution in [0.5, 0.6) is 0 Å². The Morgan fingerprint density at radius 2 is 2.50 bits per heavy atom. The first-order chi connectivity index (χ1) is 2.91. The van der Waals surface area contributed by atoms with E-state index in [1.165, 1.54) is 6.26 Å². The van der Waals surface area contributed by atoms with Crippen molar-refractivity contribution in [3.63, 3.8) is 0 Å². The molecule has 6 heavy (non-hydrogen) atoms. The first-order valence-electron chi connectivity index (χ1n) is 1.89. The zero-order valence-electron chi connectivity index (χ0n) is 3.77. The van der Waals surface area contributed by atoms with Gasteiger partial charge in [0.05, 0.1) is 0 Å². The standard InChI is InChI=1S/C4H8NO/c1-2-3-4-6-5/h3-5H,2H2,1H3/b4-3+. The van der Waals surface area contributed by atoms with Crippen LogP contribution >= 0.6 is 0 Å². The van der Waals surface area contributed by atoms with Gasteiger partial charge in [-0.05, 0) is 12.5 Å². The van der Waals surface area contributed by atoms with Gasteiger partial charge in [0.2, 0.25) is 0 Å². The first-order valence-corrected chi connectivity index (χ1v) is 1.89. The minimum atomic E-state index is 0.929. The number of hydrogen-bond donors (Lipinski definition) is 0. The van der Waals surface area contributed by atoms with E-state index in [1.807, 2.05) is 6.92 Å². The van der Waals surface area contributed by atoms with Gasteiger partial charge < -0.3 is 4.84 Å². The Morgan fingerprint density at radius 1 is 1.83 bits per heavy atom. The van der Waals surface area contributed by atoms with Crippen molar-refractivity contribution in [1.82, 2.24) is 5.90 Å². The molecule has 0 fully saturated rings. The minimum absolute atomic E-state index is 0.929. The van der Waals surface area contributed by atoms with Gasteiger partial charge in [0.1, 0.15) is 6.26 Å². The summed E-state index contributed by atoms with van der Waals surface area (Å²) in [6.45, 7) is 1.98. The van der Waals surface area contributed by atoms with Crippen LogP contribution in [0.4, 0.5) is 0 Å². The number of hydrogen-bond acceptors (Lipinski definition) is 1. The van der Waals surface area contributed by atoms with Crippen molar-refractivity contribution in [1.29, 1.82) is 0 Å². The smallest absolute Gasteiger partial charge is 0.109 e. The summed E-state index contributed by atoms with van der Waals surface area (Å²) in [5.41, 5.74) is 0. The second-order valence-corrected chi connectivity index (χ2v) is 0.898. The van der Waals surface area contributed by atoms with Crippen molar-refractivity contribution in [2.75, 3.05) is 0 Å². The summed E-state index contributed by atoms with van der Waals surface area (Å²) < 4.78 is 0. The Hall–Kier alpha value is -0.500. The van der Waals surface area contributed by atoms with Crippen molar-refractivity contribution in [2.45, 2.75) is 13.3 Å². The maximum Gasteiger partial charge on any atom is 0.109 e. The van der Waals surface area contributed by atoms with E-state index in [0.29, 0.717) is 0 Å². The molecule has 0 aromatic heterocycles. The van der Waals surface area contributed by atoms with Gasteiger partial charge in [-0.3, -0.25) is 0 Å². The Bertz CT molecular complexity index is 36.8. The van der Waals surface area contributed by atoms with Crippen molar-refractivity contribution >= 4 is 0 Å². The molecule has 0 spiro atoms. The molecule has 35 valence electrons. The fourth-order valence-electron chi connectivity index (χ4n) is 0.144. The summed E-state index contributed by atoms with van der Waals surface area (Å²) in [5.74, 6) is 6.12. The summed E-state index contributed by atoms with van der Waals surface area (Å²) in [6.07, 6.45) is 4.05. The lowest BCUT2D eigenvalue weighted by Gasteiger charge is -1.76. The van der Waals surface area contributed by atoms with E-state index in [0.717, 1.165) is 6.42 Å². The fraction of sp³-hybridized carbons (Fsp3) is 0.500. The molecule has 0 rings (SSSR count). The molecule has 0 amide bonds. The van der Waals surface area contributed by atoms with Crippen molar-refractivity contribution in [3.8, 4) is 0 Å². The normalized spacial score (nSPS) is 9.67. The maximum absolute atomic E-state index is 6.12. The molecule has 1 N–H and O–H groups in total. The second kappa shape index (κ2) is 4.50. The predicted octanol–water partition coefficient (Wildman–Crippen LogP) is 1.12. The highest BCUT2D eigenvalue weighted by atomic mass is 16.6. The molecule has 0 aliphatic carbocycles. The van der Waals surface area contributed by atoms with E-state index >= 15 is 0 Å². The fourth-order valence-corrected chi connectivity index (χ4v) is 0.144. The zero-order chi connectivity index (χ0) is 4.83. The summed E-state index contributed by atoms with van der Waals surface area (Å²) in [7, 11) is 0. The molecule has 0 aliphatic heterocycles. The minimum Gasteiger partial charge on any atom is -0.399 e. The number of rotatable bonds is 2. The molecule has 0 unspecified atom stereocenters. The molecular formula is C4H8NO. The Kier molecular flexibility index (Phi) is 4.12. The van der Waals surface area contributed by atoms with Crippen LogP contribution in [0, 0.1) is 0 Å². The van der Waals surface area contributed by atoms with Crippen molar-refractivity contribution in [3.05, 3.63) is 12.3 Å². The monoisotopic (exact) mass is 86.1 g/mol. The molecule has 0 heterocycles. The average molecular weight is 86.1 g/mol. The topological polar surface area (TPSA) is 33.0 Å². The molecule has 2 heteroatoms. The van der Waals surface area contributed by atoms with Crippen LogP contribution in [0.15, 0.2) is 12.3 Å². The lowest BCUT2D eigenvalue weighted by Crippen LogP contribution is -1.66. The van der Waals surface area contributed by atoms with Crippen LogP contribution in [-0.4, -0.2) is 0 Å². The van der Waals surface area contributed by atoms with Crippen LogP contribution in [0.2, 0.25) is 0 Å². The van der Waals surface area contributed by atoms with E-state index in [1.54, 1.807) is 6.08 Å². The van der Waals surface area contributed by atoms with Gasteiger partial charge in [-0.1, -0.05) is 12.8 Å². The molecular weight excluding hydrogens is 78.0 g/mol. The molecule has 1 radical (unpaired) electrons. The maximum atomic E-state index is 6.12. The molecule has 0 aromatic rings. The largest absolute Gasteiger partial charge is 0.399 e. The van der Waals surface area contributed by atoms with E-state index in [4.69, 9.17) is 5.90 Å².